The molecular weight excluding hydrogens is 431 g/mol. The fourth-order valence-corrected chi connectivity index (χ4v) is 3.21. The molecule has 7 nitrogen and oxygen atoms in total. The second-order valence-corrected chi connectivity index (χ2v) is 6.25. The van der Waals surface area contributed by atoms with E-state index in [1.807, 2.05) is 13.1 Å². The predicted molar refractivity (Wildman–Crippen MR) is 113 cm³/mol. The highest BCUT2D eigenvalue weighted by Crippen LogP contribution is 2.07. The van der Waals surface area contributed by atoms with Gasteiger partial charge in [-0.15, -0.1) is 24.0 Å². The molecule has 2 rings (SSSR count). The Morgan fingerprint density at radius 3 is 2.52 bits per heavy atom. The molecule has 0 amide bonds. The minimum Gasteiger partial charge on any atom is -0.364 e. The lowest BCUT2D eigenvalue weighted by atomic mass is 10.2. The zero-order chi connectivity index (χ0) is 17.4. The van der Waals surface area contributed by atoms with Crippen LogP contribution in [0.5, 0.6) is 0 Å². The Balaban J connectivity index is 0.00000312. The monoisotopic (exact) mass is 464 g/mol. The Morgan fingerprint density at radius 1 is 1.32 bits per heavy atom. The predicted octanol–water partition coefficient (Wildman–Crippen LogP) is 1.72. The molecule has 0 aliphatic carbocycles. The van der Waals surface area contributed by atoms with Crippen LogP contribution in [0.1, 0.15) is 26.5 Å². The number of likely N-dealkylation sites (N-methyl/N-ethyl adjacent to an activating group) is 1. The lowest BCUT2D eigenvalue weighted by Crippen LogP contribution is -2.54. The summed E-state index contributed by atoms with van der Waals surface area (Å²) in [6.45, 7) is 14.6. The van der Waals surface area contributed by atoms with Gasteiger partial charge >= 0.3 is 0 Å². The maximum Gasteiger partial charge on any atom is 0.193 e. The molecule has 1 N–H and O–H groups in total. The molecule has 1 aromatic rings. The van der Waals surface area contributed by atoms with E-state index in [-0.39, 0.29) is 24.0 Å². The van der Waals surface area contributed by atoms with Crippen molar-refractivity contribution in [3.63, 3.8) is 0 Å². The molecule has 0 spiro atoms. The van der Waals surface area contributed by atoms with Crippen LogP contribution < -0.4 is 5.32 Å². The third-order valence-electron chi connectivity index (χ3n) is 4.75. The summed E-state index contributed by atoms with van der Waals surface area (Å²) in [5, 5.41) is 7.53. The van der Waals surface area contributed by atoms with E-state index < -0.39 is 0 Å². The van der Waals surface area contributed by atoms with Gasteiger partial charge in [0.1, 0.15) is 6.26 Å². The molecule has 0 radical (unpaired) electrons. The topological polar surface area (TPSA) is 60.1 Å². The molecule has 1 fully saturated rings. The lowest BCUT2D eigenvalue weighted by molar-refractivity contribution is 0.167. The van der Waals surface area contributed by atoms with Gasteiger partial charge in [0.2, 0.25) is 0 Å². The van der Waals surface area contributed by atoms with Crippen molar-refractivity contribution in [3.05, 3.63) is 18.0 Å². The summed E-state index contributed by atoms with van der Waals surface area (Å²) in [5.41, 5.74) is 0.999. The van der Waals surface area contributed by atoms with Gasteiger partial charge in [-0.3, -0.25) is 14.8 Å². The number of piperazine rings is 1. The van der Waals surface area contributed by atoms with E-state index in [1.165, 1.54) is 0 Å². The van der Waals surface area contributed by atoms with Crippen LogP contribution in [0.2, 0.25) is 0 Å². The highest BCUT2D eigenvalue weighted by molar-refractivity contribution is 14.0. The number of halogens is 1. The first-order valence-corrected chi connectivity index (χ1v) is 8.99. The molecule has 1 aliphatic heterocycles. The van der Waals surface area contributed by atoms with E-state index in [0.29, 0.717) is 6.04 Å². The number of guanidine groups is 1. The van der Waals surface area contributed by atoms with E-state index in [4.69, 9.17) is 4.52 Å². The van der Waals surface area contributed by atoms with Gasteiger partial charge in [0.15, 0.2) is 5.96 Å². The van der Waals surface area contributed by atoms with E-state index in [2.05, 4.69) is 50.9 Å². The zero-order valence-corrected chi connectivity index (χ0v) is 18.3. The molecule has 1 atom stereocenters. The van der Waals surface area contributed by atoms with Gasteiger partial charge in [0, 0.05) is 58.4 Å². The zero-order valence-electron chi connectivity index (χ0n) is 15.9. The summed E-state index contributed by atoms with van der Waals surface area (Å²) >= 11 is 0. The molecule has 1 unspecified atom stereocenters. The molecule has 25 heavy (non-hydrogen) atoms. The first-order valence-electron chi connectivity index (χ1n) is 8.99. The summed E-state index contributed by atoms with van der Waals surface area (Å²) in [7, 11) is 1.87. The van der Waals surface area contributed by atoms with Crippen LogP contribution >= 0.6 is 24.0 Å². The van der Waals surface area contributed by atoms with Gasteiger partial charge < -0.3 is 14.7 Å². The second kappa shape index (κ2) is 11.7. The standard InChI is InChI=1S/C17H32N6O.HI/c1-5-22(6-2)15(3)13-19-17(18-4)23-10-8-21(9-11-23)14-16-7-12-24-20-16;/h7,12,15H,5-6,8-11,13-14H2,1-4H3,(H,18,19);1H. The van der Waals surface area contributed by atoms with Crippen molar-refractivity contribution in [1.29, 1.82) is 0 Å². The quantitative estimate of drug-likeness (QED) is 0.377. The Kier molecular flexibility index (Phi) is 10.4. The number of aliphatic imine (C=N–C) groups is 1. The smallest absolute Gasteiger partial charge is 0.193 e. The van der Waals surface area contributed by atoms with Gasteiger partial charge in [0.25, 0.3) is 0 Å². The van der Waals surface area contributed by atoms with Gasteiger partial charge in [-0.25, -0.2) is 0 Å². The third-order valence-corrected chi connectivity index (χ3v) is 4.75. The molecule has 2 heterocycles. The number of nitrogens with one attached hydrogen (secondary N) is 1. The van der Waals surface area contributed by atoms with Crippen molar-refractivity contribution in [1.82, 2.24) is 25.2 Å². The average Bonchev–Trinajstić information content (AvgIpc) is 3.11. The third kappa shape index (κ3) is 6.74. The largest absolute Gasteiger partial charge is 0.364 e. The van der Waals surface area contributed by atoms with Crippen LogP contribution in [0.3, 0.4) is 0 Å². The van der Waals surface area contributed by atoms with E-state index in [0.717, 1.165) is 64.0 Å². The van der Waals surface area contributed by atoms with Gasteiger partial charge in [-0.2, -0.15) is 0 Å². The molecule has 1 aromatic heterocycles. The highest BCUT2D eigenvalue weighted by atomic mass is 127. The van der Waals surface area contributed by atoms with Crippen molar-refractivity contribution in [2.24, 2.45) is 4.99 Å². The molecule has 0 aromatic carbocycles. The number of aromatic nitrogens is 1. The SMILES string of the molecule is CCN(CC)C(C)CNC(=NC)N1CCN(Cc2ccon2)CC1.I. The highest BCUT2D eigenvalue weighted by Gasteiger charge is 2.21. The van der Waals surface area contributed by atoms with Crippen LogP contribution in [0.25, 0.3) is 0 Å². The minimum atomic E-state index is 0. The Bertz CT molecular complexity index is 483. The van der Waals surface area contributed by atoms with Gasteiger partial charge in [-0.05, 0) is 20.0 Å². The Labute approximate surface area is 168 Å². The second-order valence-electron chi connectivity index (χ2n) is 6.25. The van der Waals surface area contributed by atoms with Crippen molar-refractivity contribution in [3.8, 4) is 0 Å². The van der Waals surface area contributed by atoms with Crippen molar-refractivity contribution < 1.29 is 4.52 Å². The van der Waals surface area contributed by atoms with Crippen molar-refractivity contribution in [2.75, 3.05) is 52.9 Å². The van der Waals surface area contributed by atoms with Gasteiger partial charge in [-0.1, -0.05) is 19.0 Å². The lowest BCUT2D eigenvalue weighted by Gasteiger charge is -2.37. The number of hydrogen-bond donors (Lipinski definition) is 1. The summed E-state index contributed by atoms with van der Waals surface area (Å²) in [6, 6.07) is 2.44. The van der Waals surface area contributed by atoms with Crippen LogP contribution in [-0.4, -0.2) is 84.7 Å². The van der Waals surface area contributed by atoms with Crippen LogP contribution in [0.15, 0.2) is 21.8 Å². The van der Waals surface area contributed by atoms with Gasteiger partial charge in [0.05, 0.1) is 5.69 Å². The maximum absolute atomic E-state index is 4.90. The molecule has 8 heteroatoms. The molecular formula is C17H33IN6O. The fourth-order valence-electron chi connectivity index (χ4n) is 3.21. The maximum atomic E-state index is 4.90. The van der Waals surface area contributed by atoms with E-state index in [9.17, 15) is 0 Å². The minimum absolute atomic E-state index is 0. The molecule has 1 aliphatic rings. The molecule has 0 bridgehead atoms. The van der Waals surface area contributed by atoms with Crippen LogP contribution in [0.4, 0.5) is 0 Å². The normalized spacial score (nSPS) is 17.5. The van der Waals surface area contributed by atoms with E-state index in [1.54, 1.807) is 6.26 Å². The number of hydrogen-bond acceptors (Lipinski definition) is 5. The first kappa shape index (κ1) is 22.2. The van der Waals surface area contributed by atoms with Crippen molar-refractivity contribution in [2.45, 2.75) is 33.4 Å². The van der Waals surface area contributed by atoms with Crippen molar-refractivity contribution >= 4 is 29.9 Å². The average molecular weight is 464 g/mol. The number of nitrogens with zero attached hydrogens (tertiary/aromatic N) is 5. The molecule has 1 saturated heterocycles. The summed E-state index contributed by atoms with van der Waals surface area (Å²) < 4.78 is 4.90. The summed E-state index contributed by atoms with van der Waals surface area (Å²) in [4.78, 5) is 11.7. The Morgan fingerprint density at radius 2 is 2.00 bits per heavy atom. The fraction of sp³-hybridized carbons (Fsp3) is 0.765. The Hall–Kier alpha value is -0.870. The molecule has 0 saturated carbocycles. The summed E-state index contributed by atoms with van der Waals surface area (Å²) in [5.74, 6) is 1.01. The first-order chi connectivity index (χ1) is 11.7. The summed E-state index contributed by atoms with van der Waals surface area (Å²) in [6.07, 6.45) is 1.63. The van der Waals surface area contributed by atoms with Crippen LogP contribution in [0, 0.1) is 0 Å². The molecule has 144 valence electrons. The van der Waals surface area contributed by atoms with E-state index >= 15 is 0 Å². The number of rotatable bonds is 7. The van der Waals surface area contributed by atoms with Crippen LogP contribution in [-0.2, 0) is 6.54 Å².